The summed E-state index contributed by atoms with van der Waals surface area (Å²) in [5, 5.41) is 4.34. The van der Waals surface area contributed by atoms with Crippen molar-refractivity contribution >= 4 is 11.6 Å². The molecule has 1 N–H and O–H groups in total. The number of hydrogen-bond donors (Lipinski definition) is 1. The van der Waals surface area contributed by atoms with Crippen molar-refractivity contribution in [2.45, 2.75) is 39.0 Å². The predicted octanol–water partition coefficient (Wildman–Crippen LogP) is 4.49. The maximum Gasteiger partial charge on any atom is 0.124 e. The van der Waals surface area contributed by atoms with E-state index in [0.29, 0.717) is 12.6 Å². The van der Waals surface area contributed by atoms with Crippen molar-refractivity contribution in [3.8, 4) is 5.75 Å². The van der Waals surface area contributed by atoms with E-state index in [1.807, 2.05) is 36.4 Å². The van der Waals surface area contributed by atoms with E-state index in [1.54, 1.807) is 0 Å². The van der Waals surface area contributed by atoms with Gasteiger partial charge in [-0.3, -0.25) is 4.90 Å². The molecule has 2 aromatic rings. The monoisotopic (exact) mass is 358 g/mol. The lowest BCUT2D eigenvalue weighted by Crippen LogP contribution is -2.37. The summed E-state index contributed by atoms with van der Waals surface area (Å²) in [5.41, 5.74) is 2.28. The molecule has 0 unspecified atom stereocenters. The largest absolute Gasteiger partial charge is 0.489 e. The first-order valence-corrected chi connectivity index (χ1v) is 9.54. The van der Waals surface area contributed by atoms with E-state index in [2.05, 4.69) is 29.3 Å². The normalized spacial score (nSPS) is 17.8. The van der Waals surface area contributed by atoms with Crippen molar-refractivity contribution in [2.24, 2.45) is 0 Å². The summed E-state index contributed by atoms with van der Waals surface area (Å²) < 4.78 is 6.03. The molecule has 1 saturated heterocycles. The number of likely N-dealkylation sites (N-methyl/N-ethyl adjacent to an activating group) is 1. The molecule has 3 nitrogen and oxygen atoms in total. The van der Waals surface area contributed by atoms with Gasteiger partial charge in [0.1, 0.15) is 12.4 Å². The Bertz CT molecular complexity index is 662. The number of ether oxygens (including phenoxy) is 1. The number of nitrogens with one attached hydrogen (secondary N) is 1. The van der Waals surface area contributed by atoms with Gasteiger partial charge in [0, 0.05) is 29.7 Å². The molecule has 0 saturated carbocycles. The van der Waals surface area contributed by atoms with Gasteiger partial charge in [-0.1, -0.05) is 48.9 Å². The Morgan fingerprint density at radius 1 is 1.20 bits per heavy atom. The van der Waals surface area contributed by atoms with Crippen molar-refractivity contribution < 1.29 is 4.74 Å². The van der Waals surface area contributed by atoms with Crippen molar-refractivity contribution in [1.82, 2.24) is 10.2 Å². The van der Waals surface area contributed by atoms with Crippen molar-refractivity contribution in [1.29, 1.82) is 0 Å². The van der Waals surface area contributed by atoms with Crippen LogP contribution in [0.5, 0.6) is 5.75 Å². The third-order valence-corrected chi connectivity index (χ3v) is 5.10. The SMILES string of the molecule is CCN1CCC[C@@H]1CNCc1cc(Cl)ccc1OCc1ccccc1. The van der Waals surface area contributed by atoms with Crippen LogP contribution >= 0.6 is 11.6 Å². The number of nitrogens with zero attached hydrogens (tertiary/aromatic N) is 1. The van der Waals surface area contributed by atoms with Gasteiger partial charge in [0.25, 0.3) is 0 Å². The number of rotatable bonds is 8. The first kappa shape index (κ1) is 18.2. The first-order chi connectivity index (χ1) is 12.3. The summed E-state index contributed by atoms with van der Waals surface area (Å²) in [6, 6.07) is 16.7. The maximum absolute atomic E-state index is 6.19. The third-order valence-electron chi connectivity index (χ3n) is 4.86. The Balaban J connectivity index is 1.57. The average molecular weight is 359 g/mol. The van der Waals surface area contributed by atoms with Gasteiger partial charge < -0.3 is 10.1 Å². The van der Waals surface area contributed by atoms with Crippen LogP contribution < -0.4 is 10.1 Å². The number of halogens is 1. The minimum atomic E-state index is 0.571. The molecular weight excluding hydrogens is 332 g/mol. The van der Waals surface area contributed by atoms with Crippen molar-refractivity contribution in [2.75, 3.05) is 19.6 Å². The van der Waals surface area contributed by atoms with E-state index in [1.165, 1.54) is 24.9 Å². The Kier molecular flexibility index (Phi) is 6.74. The van der Waals surface area contributed by atoms with Gasteiger partial charge in [0.2, 0.25) is 0 Å². The lowest BCUT2D eigenvalue weighted by Gasteiger charge is -2.23. The predicted molar refractivity (Wildman–Crippen MR) is 104 cm³/mol. The minimum Gasteiger partial charge on any atom is -0.489 e. The fourth-order valence-electron chi connectivity index (χ4n) is 3.48. The zero-order valence-electron chi connectivity index (χ0n) is 14.9. The van der Waals surface area contributed by atoms with E-state index in [-0.39, 0.29) is 0 Å². The molecule has 0 aromatic heterocycles. The Labute approximate surface area is 155 Å². The van der Waals surface area contributed by atoms with Gasteiger partial charge in [-0.25, -0.2) is 0 Å². The zero-order chi connectivity index (χ0) is 17.5. The Morgan fingerprint density at radius 3 is 2.84 bits per heavy atom. The molecule has 1 aliphatic heterocycles. The van der Waals surface area contributed by atoms with Crippen LogP contribution in [0.2, 0.25) is 5.02 Å². The summed E-state index contributed by atoms with van der Waals surface area (Å²) >= 11 is 6.19. The molecule has 0 amide bonds. The molecule has 0 radical (unpaired) electrons. The molecule has 1 heterocycles. The minimum absolute atomic E-state index is 0.571. The molecule has 3 rings (SSSR count). The van der Waals surface area contributed by atoms with Crippen molar-refractivity contribution in [3.05, 3.63) is 64.7 Å². The molecule has 0 spiro atoms. The van der Waals surface area contributed by atoms with Crippen LogP contribution in [0, 0.1) is 0 Å². The quantitative estimate of drug-likeness (QED) is 0.752. The second kappa shape index (κ2) is 9.23. The van der Waals surface area contributed by atoms with Gasteiger partial charge >= 0.3 is 0 Å². The highest BCUT2D eigenvalue weighted by Gasteiger charge is 2.22. The van der Waals surface area contributed by atoms with E-state index in [9.17, 15) is 0 Å². The summed E-state index contributed by atoms with van der Waals surface area (Å²) in [6.45, 7) is 6.96. The topological polar surface area (TPSA) is 24.5 Å². The van der Waals surface area contributed by atoms with Gasteiger partial charge in [0.15, 0.2) is 0 Å². The summed E-state index contributed by atoms with van der Waals surface area (Å²) in [7, 11) is 0. The number of likely N-dealkylation sites (tertiary alicyclic amines) is 1. The summed E-state index contributed by atoms with van der Waals surface area (Å²) in [6.07, 6.45) is 2.59. The Morgan fingerprint density at radius 2 is 2.04 bits per heavy atom. The van der Waals surface area contributed by atoms with Crippen LogP contribution in [-0.2, 0) is 13.2 Å². The lowest BCUT2D eigenvalue weighted by molar-refractivity contribution is 0.259. The van der Waals surface area contributed by atoms with Gasteiger partial charge in [-0.2, -0.15) is 0 Å². The van der Waals surface area contributed by atoms with E-state index in [0.717, 1.165) is 36.0 Å². The fraction of sp³-hybridized carbons (Fsp3) is 0.429. The van der Waals surface area contributed by atoms with Gasteiger partial charge in [-0.05, 0) is 49.7 Å². The highest BCUT2D eigenvalue weighted by atomic mass is 35.5. The maximum atomic E-state index is 6.19. The molecule has 134 valence electrons. The number of hydrogen-bond acceptors (Lipinski definition) is 3. The van der Waals surface area contributed by atoms with E-state index < -0.39 is 0 Å². The summed E-state index contributed by atoms with van der Waals surface area (Å²) in [5.74, 6) is 0.902. The lowest BCUT2D eigenvalue weighted by atomic mass is 10.1. The van der Waals surface area contributed by atoms with Gasteiger partial charge in [-0.15, -0.1) is 0 Å². The molecule has 1 aliphatic rings. The van der Waals surface area contributed by atoms with Crippen LogP contribution in [0.4, 0.5) is 0 Å². The van der Waals surface area contributed by atoms with Crippen molar-refractivity contribution in [3.63, 3.8) is 0 Å². The molecule has 4 heteroatoms. The standard InChI is InChI=1S/C21H27ClN2O/c1-2-24-12-6-9-20(24)15-23-14-18-13-19(22)10-11-21(18)25-16-17-7-4-3-5-8-17/h3-5,7-8,10-11,13,20,23H,2,6,9,12,14-16H2,1H3/t20-/m1/s1. The molecular formula is C21H27ClN2O. The summed E-state index contributed by atoms with van der Waals surface area (Å²) in [4.78, 5) is 2.55. The highest BCUT2D eigenvalue weighted by Crippen LogP contribution is 2.24. The van der Waals surface area contributed by atoms with E-state index >= 15 is 0 Å². The fourth-order valence-corrected chi connectivity index (χ4v) is 3.67. The Hall–Kier alpha value is -1.55. The number of benzene rings is 2. The van der Waals surface area contributed by atoms with Crippen LogP contribution in [0.15, 0.2) is 48.5 Å². The molecule has 0 aliphatic carbocycles. The van der Waals surface area contributed by atoms with Gasteiger partial charge in [0.05, 0.1) is 0 Å². The van der Waals surface area contributed by atoms with Crippen LogP contribution in [0.1, 0.15) is 30.9 Å². The second-order valence-electron chi connectivity index (χ2n) is 6.58. The molecule has 2 aromatic carbocycles. The van der Waals surface area contributed by atoms with Crippen LogP contribution in [-0.4, -0.2) is 30.6 Å². The zero-order valence-corrected chi connectivity index (χ0v) is 15.6. The highest BCUT2D eigenvalue weighted by molar-refractivity contribution is 6.30. The average Bonchev–Trinajstić information content (AvgIpc) is 3.09. The molecule has 1 atom stereocenters. The van der Waals surface area contributed by atoms with Crippen LogP contribution in [0.3, 0.4) is 0 Å². The molecule has 1 fully saturated rings. The molecule has 25 heavy (non-hydrogen) atoms. The second-order valence-corrected chi connectivity index (χ2v) is 7.02. The molecule has 0 bridgehead atoms. The third kappa shape index (κ3) is 5.21. The first-order valence-electron chi connectivity index (χ1n) is 9.16. The smallest absolute Gasteiger partial charge is 0.124 e. The van der Waals surface area contributed by atoms with E-state index in [4.69, 9.17) is 16.3 Å². The van der Waals surface area contributed by atoms with Crippen LogP contribution in [0.25, 0.3) is 0 Å².